The molecule has 1 aliphatic rings. The number of amides is 1. The lowest BCUT2D eigenvalue weighted by Gasteiger charge is -2.40. The molecule has 11 heavy (non-hydrogen) atoms. The molecule has 0 aromatic heterocycles. The predicted molar refractivity (Wildman–Crippen MR) is 44.0 cm³/mol. The van der Waals surface area contributed by atoms with Gasteiger partial charge in [-0.15, -0.1) is 0 Å². The Morgan fingerprint density at radius 3 is 2.55 bits per heavy atom. The number of nitrogens with one attached hydrogen (secondary N) is 1. The van der Waals surface area contributed by atoms with Crippen molar-refractivity contribution < 1.29 is 4.79 Å². The van der Waals surface area contributed by atoms with E-state index in [0.717, 1.165) is 12.8 Å². The maximum Gasteiger partial charge on any atom is 0.220 e. The van der Waals surface area contributed by atoms with Gasteiger partial charge in [0.2, 0.25) is 5.91 Å². The van der Waals surface area contributed by atoms with Gasteiger partial charge in [-0.1, -0.05) is 6.42 Å². The van der Waals surface area contributed by atoms with Crippen LogP contribution < -0.4 is 11.1 Å². The Labute approximate surface area is 67.3 Å². The first-order valence-electron chi connectivity index (χ1n) is 4.13. The van der Waals surface area contributed by atoms with Crippen LogP contribution in [0.5, 0.6) is 0 Å². The fraction of sp³-hybridized carbons (Fsp3) is 0.875. The second-order valence-electron chi connectivity index (χ2n) is 3.41. The number of carbonyl (C=O) groups is 1. The Hall–Kier alpha value is -0.570. The van der Waals surface area contributed by atoms with Gasteiger partial charge in [0.05, 0.1) is 0 Å². The molecule has 64 valence electrons. The average molecular weight is 156 g/mol. The summed E-state index contributed by atoms with van der Waals surface area (Å²) in [4.78, 5) is 11.0. The molecule has 0 aromatic rings. The summed E-state index contributed by atoms with van der Waals surface area (Å²) in [6, 6.07) is 0. The van der Waals surface area contributed by atoms with Crippen LogP contribution in [0.3, 0.4) is 0 Å². The summed E-state index contributed by atoms with van der Waals surface area (Å²) in [7, 11) is 1.67. The van der Waals surface area contributed by atoms with Crippen molar-refractivity contribution >= 4 is 5.91 Å². The molecular formula is C8H16N2O. The minimum absolute atomic E-state index is 0.121. The van der Waals surface area contributed by atoms with Gasteiger partial charge in [0.25, 0.3) is 0 Å². The lowest BCUT2D eigenvalue weighted by molar-refractivity contribution is -0.124. The minimum atomic E-state index is 0.121. The molecule has 0 radical (unpaired) electrons. The topological polar surface area (TPSA) is 55.1 Å². The Morgan fingerprint density at radius 2 is 2.27 bits per heavy atom. The van der Waals surface area contributed by atoms with Crippen LogP contribution in [0.2, 0.25) is 0 Å². The first kappa shape index (κ1) is 8.53. The fourth-order valence-corrected chi connectivity index (χ4v) is 1.56. The predicted octanol–water partition coefficient (Wildman–Crippen LogP) is 0.251. The normalized spacial score (nSPS) is 20.5. The molecule has 1 aliphatic carbocycles. The van der Waals surface area contributed by atoms with E-state index >= 15 is 0 Å². The molecule has 0 atom stereocenters. The molecule has 3 heteroatoms. The van der Waals surface area contributed by atoms with E-state index in [1.807, 2.05) is 0 Å². The van der Waals surface area contributed by atoms with Crippen LogP contribution in [0, 0.1) is 5.41 Å². The Bertz CT molecular complexity index is 147. The molecule has 0 bridgehead atoms. The number of hydrogen-bond acceptors (Lipinski definition) is 2. The van der Waals surface area contributed by atoms with Crippen molar-refractivity contribution in [2.24, 2.45) is 11.1 Å². The molecular weight excluding hydrogens is 140 g/mol. The van der Waals surface area contributed by atoms with Crippen molar-refractivity contribution in [3.05, 3.63) is 0 Å². The number of nitrogens with two attached hydrogens (primary N) is 1. The van der Waals surface area contributed by atoms with Crippen LogP contribution in [0.4, 0.5) is 0 Å². The summed E-state index contributed by atoms with van der Waals surface area (Å²) in [5.74, 6) is 0.121. The summed E-state index contributed by atoms with van der Waals surface area (Å²) < 4.78 is 0. The average Bonchev–Trinajstić information content (AvgIpc) is 1.96. The molecule has 3 nitrogen and oxygen atoms in total. The van der Waals surface area contributed by atoms with E-state index in [1.54, 1.807) is 7.05 Å². The van der Waals surface area contributed by atoms with Gasteiger partial charge >= 0.3 is 0 Å². The van der Waals surface area contributed by atoms with Crippen molar-refractivity contribution in [1.29, 1.82) is 0 Å². The van der Waals surface area contributed by atoms with Crippen LogP contribution in [0.1, 0.15) is 25.7 Å². The zero-order valence-corrected chi connectivity index (χ0v) is 7.02. The lowest BCUT2D eigenvalue weighted by atomic mass is 9.66. The van der Waals surface area contributed by atoms with E-state index in [4.69, 9.17) is 5.73 Å². The third-order valence-corrected chi connectivity index (χ3v) is 2.66. The van der Waals surface area contributed by atoms with Crippen LogP contribution in [0.15, 0.2) is 0 Å². The number of hydrogen-bond donors (Lipinski definition) is 2. The second-order valence-corrected chi connectivity index (χ2v) is 3.41. The van der Waals surface area contributed by atoms with Crippen molar-refractivity contribution in [2.75, 3.05) is 13.6 Å². The van der Waals surface area contributed by atoms with Crippen molar-refractivity contribution in [3.8, 4) is 0 Å². The maximum absolute atomic E-state index is 11.0. The molecule has 1 amide bonds. The maximum atomic E-state index is 11.0. The quantitative estimate of drug-likeness (QED) is 0.615. The van der Waals surface area contributed by atoms with Gasteiger partial charge in [0.1, 0.15) is 0 Å². The van der Waals surface area contributed by atoms with Gasteiger partial charge in [-0.2, -0.15) is 0 Å². The van der Waals surface area contributed by atoms with Gasteiger partial charge in [0, 0.05) is 13.5 Å². The molecule has 0 saturated heterocycles. The monoisotopic (exact) mass is 156 g/mol. The molecule has 0 unspecified atom stereocenters. The van der Waals surface area contributed by atoms with E-state index in [0.29, 0.717) is 13.0 Å². The molecule has 0 heterocycles. The lowest BCUT2D eigenvalue weighted by Crippen LogP contribution is -2.41. The third-order valence-electron chi connectivity index (χ3n) is 2.66. The minimum Gasteiger partial charge on any atom is -0.359 e. The Balaban J connectivity index is 2.38. The Kier molecular flexibility index (Phi) is 2.49. The van der Waals surface area contributed by atoms with Gasteiger partial charge < -0.3 is 11.1 Å². The molecule has 1 fully saturated rings. The smallest absolute Gasteiger partial charge is 0.220 e. The van der Waals surface area contributed by atoms with Gasteiger partial charge in [-0.25, -0.2) is 0 Å². The summed E-state index contributed by atoms with van der Waals surface area (Å²) in [5, 5.41) is 2.63. The van der Waals surface area contributed by atoms with Crippen molar-refractivity contribution in [1.82, 2.24) is 5.32 Å². The highest BCUT2D eigenvalue weighted by Crippen LogP contribution is 2.42. The number of rotatable bonds is 3. The summed E-state index contributed by atoms with van der Waals surface area (Å²) in [6.07, 6.45) is 4.09. The summed E-state index contributed by atoms with van der Waals surface area (Å²) in [6.45, 7) is 0.653. The Morgan fingerprint density at radius 1 is 1.64 bits per heavy atom. The van der Waals surface area contributed by atoms with E-state index in [-0.39, 0.29) is 11.3 Å². The van der Waals surface area contributed by atoms with Crippen molar-refractivity contribution in [3.63, 3.8) is 0 Å². The van der Waals surface area contributed by atoms with E-state index < -0.39 is 0 Å². The van der Waals surface area contributed by atoms with E-state index in [2.05, 4.69) is 5.32 Å². The molecule has 1 saturated carbocycles. The zero-order chi connectivity index (χ0) is 8.32. The molecule has 0 aliphatic heterocycles. The van der Waals surface area contributed by atoms with Crippen LogP contribution in [-0.4, -0.2) is 19.5 Å². The van der Waals surface area contributed by atoms with Gasteiger partial charge in [-0.3, -0.25) is 4.79 Å². The molecule has 3 N–H and O–H groups in total. The first-order chi connectivity index (χ1) is 5.22. The SMILES string of the molecule is CNC(=O)CC1(CN)CCC1. The highest BCUT2D eigenvalue weighted by atomic mass is 16.1. The van der Waals surface area contributed by atoms with E-state index in [9.17, 15) is 4.79 Å². The fourth-order valence-electron chi connectivity index (χ4n) is 1.56. The van der Waals surface area contributed by atoms with Crippen LogP contribution >= 0.6 is 0 Å². The summed E-state index contributed by atoms with van der Waals surface area (Å²) >= 11 is 0. The van der Waals surface area contributed by atoms with Gasteiger partial charge in [-0.05, 0) is 24.8 Å². The zero-order valence-electron chi connectivity index (χ0n) is 7.02. The highest BCUT2D eigenvalue weighted by Gasteiger charge is 2.37. The van der Waals surface area contributed by atoms with Crippen LogP contribution in [0.25, 0.3) is 0 Å². The largest absolute Gasteiger partial charge is 0.359 e. The standard InChI is InChI=1S/C8H16N2O/c1-10-7(11)5-8(6-9)3-2-4-8/h2-6,9H2,1H3,(H,10,11). The van der Waals surface area contributed by atoms with E-state index in [1.165, 1.54) is 6.42 Å². The summed E-state index contributed by atoms with van der Waals surface area (Å²) in [5.41, 5.74) is 5.74. The highest BCUT2D eigenvalue weighted by molar-refractivity contribution is 5.76. The number of carbonyl (C=O) groups excluding carboxylic acids is 1. The molecule has 0 aromatic carbocycles. The molecule has 0 spiro atoms. The van der Waals surface area contributed by atoms with Crippen LogP contribution in [-0.2, 0) is 4.79 Å². The molecule has 1 rings (SSSR count). The van der Waals surface area contributed by atoms with Gasteiger partial charge in [0.15, 0.2) is 0 Å². The third kappa shape index (κ3) is 1.71. The second kappa shape index (κ2) is 3.22. The first-order valence-corrected chi connectivity index (χ1v) is 4.13. The van der Waals surface area contributed by atoms with Crippen molar-refractivity contribution in [2.45, 2.75) is 25.7 Å².